The van der Waals surface area contributed by atoms with Crippen molar-refractivity contribution in [3.63, 3.8) is 0 Å². The lowest BCUT2D eigenvalue weighted by Crippen LogP contribution is -2.33. The molecule has 3 nitrogen and oxygen atoms in total. The Morgan fingerprint density at radius 1 is 1.13 bits per heavy atom. The minimum absolute atomic E-state index is 0.0161. The lowest BCUT2D eigenvalue weighted by atomic mass is 9.81. The van der Waals surface area contributed by atoms with E-state index in [2.05, 4.69) is 51.2 Å². The second-order valence-electron chi connectivity index (χ2n) is 6.81. The summed E-state index contributed by atoms with van der Waals surface area (Å²) in [6.07, 6.45) is 0. The number of carbonyl (C=O) groups is 1. The molecule has 2 rings (SSSR count). The van der Waals surface area contributed by atoms with E-state index in [1.54, 1.807) is 18.2 Å². The molecule has 0 radical (unpaired) electrons. The zero-order valence-corrected chi connectivity index (χ0v) is 14.3. The van der Waals surface area contributed by atoms with Gasteiger partial charge in [-0.2, -0.15) is 0 Å². The summed E-state index contributed by atoms with van der Waals surface area (Å²) < 4.78 is 0. The summed E-state index contributed by atoms with van der Waals surface area (Å²) in [5, 5.41) is 12.5. The van der Waals surface area contributed by atoms with Gasteiger partial charge in [0, 0.05) is 18.5 Å². The standard InChI is InChI=1S/C20H25NO2/c1-14-8-9-18(15(2)10-14)20(3,4)13-21-12-16-6-5-7-17(11-16)19(22)23/h5-11,21H,12-13H2,1-4H3,(H,22,23). The van der Waals surface area contributed by atoms with Gasteiger partial charge in [0.05, 0.1) is 5.56 Å². The summed E-state index contributed by atoms with van der Waals surface area (Å²) in [6.45, 7) is 10.2. The summed E-state index contributed by atoms with van der Waals surface area (Å²) in [5.41, 5.74) is 5.27. The fourth-order valence-electron chi connectivity index (χ4n) is 3.00. The summed E-state index contributed by atoms with van der Waals surface area (Å²) in [7, 11) is 0. The summed E-state index contributed by atoms with van der Waals surface area (Å²) in [6, 6.07) is 13.6. The largest absolute Gasteiger partial charge is 0.478 e. The van der Waals surface area contributed by atoms with Crippen molar-refractivity contribution in [1.82, 2.24) is 5.32 Å². The van der Waals surface area contributed by atoms with Crippen LogP contribution in [0.3, 0.4) is 0 Å². The molecule has 0 aliphatic heterocycles. The van der Waals surface area contributed by atoms with Crippen LogP contribution in [0.25, 0.3) is 0 Å². The zero-order valence-electron chi connectivity index (χ0n) is 14.3. The minimum Gasteiger partial charge on any atom is -0.478 e. The average Bonchev–Trinajstić information content (AvgIpc) is 2.46. The highest BCUT2D eigenvalue weighted by Gasteiger charge is 2.22. The average molecular weight is 311 g/mol. The number of carboxylic acid groups (broad SMARTS) is 1. The number of benzene rings is 2. The van der Waals surface area contributed by atoms with Crippen molar-refractivity contribution in [3.05, 3.63) is 70.3 Å². The maximum atomic E-state index is 11.0. The molecule has 2 N–H and O–H groups in total. The van der Waals surface area contributed by atoms with Gasteiger partial charge in [0.1, 0.15) is 0 Å². The van der Waals surface area contributed by atoms with Crippen LogP contribution >= 0.6 is 0 Å². The topological polar surface area (TPSA) is 49.3 Å². The van der Waals surface area contributed by atoms with Gasteiger partial charge in [-0.05, 0) is 42.7 Å². The van der Waals surface area contributed by atoms with Crippen LogP contribution in [-0.4, -0.2) is 17.6 Å². The Balaban J connectivity index is 2.02. The first-order valence-electron chi connectivity index (χ1n) is 7.90. The Morgan fingerprint density at radius 3 is 2.52 bits per heavy atom. The van der Waals surface area contributed by atoms with Gasteiger partial charge in [0.2, 0.25) is 0 Å². The predicted octanol–water partition coefficient (Wildman–Crippen LogP) is 4.07. The maximum absolute atomic E-state index is 11.0. The molecule has 0 bridgehead atoms. The summed E-state index contributed by atoms with van der Waals surface area (Å²) >= 11 is 0. The van der Waals surface area contributed by atoms with Crippen molar-refractivity contribution in [2.45, 2.75) is 39.7 Å². The molecule has 0 saturated heterocycles. The quantitative estimate of drug-likeness (QED) is 0.845. The molecule has 122 valence electrons. The molecule has 0 aliphatic rings. The monoisotopic (exact) mass is 311 g/mol. The van der Waals surface area contributed by atoms with E-state index < -0.39 is 5.97 Å². The van der Waals surface area contributed by atoms with Gasteiger partial charge < -0.3 is 10.4 Å². The number of hydrogen-bond donors (Lipinski definition) is 2. The highest BCUT2D eigenvalue weighted by molar-refractivity contribution is 5.87. The second kappa shape index (κ2) is 6.97. The molecule has 2 aromatic rings. The number of carboxylic acids is 1. The SMILES string of the molecule is Cc1ccc(C(C)(C)CNCc2cccc(C(=O)O)c2)c(C)c1. The van der Waals surface area contributed by atoms with Crippen LogP contribution in [0.1, 0.15) is 46.5 Å². The van der Waals surface area contributed by atoms with E-state index in [1.807, 2.05) is 6.07 Å². The van der Waals surface area contributed by atoms with Gasteiger partial charge in [0.25, 0.3) is 0 Å². The van der Waals surface area contributed by atoms with E-state index >= 15 is 0 Å². The highest BCUT2D eigenvalue weighted by atomic mass is 16.4. The molecule has 3 heteroatoms. The Labute approximate surface area is 138 Å². The molecule has 0 spiro atoms. The lowest BCUT2D eigenvalue weighted by Gasteiger charge is -2.28. The predicted molar refractivity (Wildman–Crippen MR) is 94.1 cm³/mol. The van der Waals surface area contributed by atoms with Crippen molar-refractivity contribution >= 4 is 5.97 Å². The highest BCUT2D eigenvalue weighted by Crippen LogP contribution is 2.26. The number of nitrogens with one attached hydrogen (secondary N) is 1. The summed E-state index contributed by atoms with van der Waals surface area (Å²) in [5.74, 6) is -0.887. The number of rotatable bonds is 6. The Kier molecular flexibility index (Phi) is 5.22. The van der Waals surface area contributed by atoms with E-state index in [0.717, 1.165) is 12.1 Å². The molecular formula is C20H25NO2. The molecule has 0 unspecified atom stereocenters. The third-order valence-corrected chi connectivity index (χ3v) is 4.18. The first kappa shape index (κ1) is 17.2. The second-order valence-corrected chi connectivity index (χ2v) is 6.81. The van der Waals surface area contributed by atoms with E-state index in [-0.39, 0.29) is 5.41 Å². The number of aryl methyl sites for hydroxylation is 2. The van der Waals surface area contributed by atoms with Gasteiger partial charge in [-0.1, -0.05) is 49.7 Å². The van der Waals surface area contributed by atoms with E-state index in [1.165, 1.54) is 16.7 Å². The fourth-order valence-corrected chi connectivity index (χ4v) is 3.00. The van der Waals surface area contributed by atoms with Crippen molar-refractivity contribution in [1.29, 1.82) is 0 Å². The smallest absolute Gasteiger partial charge is 0.335 e. The third-order valence-electron chi connectivity index (χ3n) is 4.18. The normalized spacial score (nSPS) is 11.5. The van der Waals surface area contributed by atoms with Gasteiger partial charge in [-0.15, -0.1) is 0 Å². The van der Waals surface area contributed by atoms with Crippen molar-refractivity contribution in [2.24, 2.45) is 0 Å². The zero-order chi connectivity index (χ0) is 17.0. The Bertz CT molecular complexity index is 705. The molecule has 0 heterocycles. The molecule has 0 saturated carbocycles. The third kappa shape index (κ3) is 4.42. The molecule has 0 aromatic heterocycles. The maximum Gasteiger partial charge on any atom is 0.335 e. The first-order valence-corrected chi connectivity index (χ1v) is 7.90. The molecule has 0 amide bonds. The van der Waals surface area contributed by atoms with Gasteiger partial charge >= 0.3 is 5.97 Å². The molecular weight excluding hydrogens is 286 g/mol. The van der Waals surface area contributed by atoms with Crippen LogP contribution in [0, 0.1) is 13.8 Å². The molecule has 0 fully saturated rings. The van der Waals surface area contributed by atoms with Crippen molar-refractivity contribution in [3.8, 4) is 0 Å². The lowest BCUT2D eigenvalue weighted by molar-refractivity contribution is 0.0696. The fraction of sp³-hybridized carbons (Fsp3) is 0.350. The molecule has 0 atom stereocenters. The van der Waals surface area contributed by atoms with E-state index in [9.17, 15) is 4.79 Å². The van der Waals surface area contributed by atoms with Crippen LogP contribution in [0.5, 0.6) is 0 Å². The van der Waals surface area contributed by atoms with Gasteiger partial charge in [0.15, 0.2) is 0 Å². The van der Waals surface area contributed by atoms with Crippen LogP contribution < -0.4 is 5.32 Å². The molecule has 23 heavy (non-hydrogen) atoms. The number of hydrogen-bond acceptors (Lipinski definition) is 2. The van der Waals surface area contributed by atoms with E-state index in [0.29, 0.717) is 12.1 Å². The summed E-state index contributed by atoms with van der Waals surface area (Å²) in [4.78, 5) is 11.0. The van der Waals surface area contributed by atoms with Crippen LogP contribution in [-0.2, 0) is 12.0 Å². The molecule has 0 aliphatic carbocycles. The van der Waals surface area contributed by atoms with Crippen LogP contribution in [0.15, 0.2) is 42.5 Å². The van der Waals surface area contributed by atoms with E-state index in [4.69, 9.17) is 5.11 Å². The first-order chi connectivity index (χ1) is 10.8. The van der Waals surface area contributed by atoms with Crippen molar-refractivity contribution < 1.29 is 9.90 Å². The molecule has 2 aromatic carbocycles. The van der Waals surface area contributed by atoms with Gasteiger partial charge in [-0.3, -0.25) is 0 Å². The Morgan fingerprint density at radius 2 is 1.87 bits per heavy atom. The van der Waals surface area contributed by atoms with Crippen LogP contribution in [0.2, 0.25) is 0 Å². The van der Waals surface area contributed by atoms with Crippen LogP contribution in [0.4, 0.5) is 0 Å². The Hall–Kier alpha value is -2.13. The number of aromatic carboxylic acids is 1. The van der Waals surface area contributed by atoms with Crippen molar-refractivity contribution in [2.75, 3.05) is 6.54 Å². The van der Waals surface area contributed by atoms with Gasteiger partial charge in [-0.25, -0.2) is 4.79 Å². The minimum atomic E-state index is -0.887.